The van der Waals surface area contributed by atoms with Crippen molar-refractivity contribution >= 4 is 5.97 Å². The molecule has 1 aliphatic carbocycles. The molecule has 1 saturated carbocycles. The molecule has 88 valence electrons. The molecule has 1 aromatic carbocycles. The van der Waals surface area contributed by atoms with Crippen LogP contribution in [0.5, 0.6) is 0 Å². The van der Waals surface area contributed by atoms with Crippen LogP contribution in [0, 0.1) is 5.41 Å². The Balaban J connectivity index is 1.87. The van der Waals surface area contributed by atoms with Gasteiger partial charge in [-0.15, -0.1) is 0 Å². The summed E-state index contributed by atoms with van der Waals surface area (Å²) in [5.41, 5.74) is 1.93. The summed E-state index contributed by atoms with van der Waals surface area (Å²) in [5, 5.41) is 0. The van der Waals surface area contributed by atoms with Gasteiger partial charge in [0, 0.05) is 0 Å². The third kappa shape index (κ3) is 1.51. The molecule has 0 bridgehead atoms. The van der Waals surface area contributed by atoms with Gasteiger partial charge in [-0.3, -0.25) is 4.79 Å². The molecule has 1 heterocycles. The van der Waals surface area contributed by atoms with Crippen LogP contribution in [0.4, 0.5) is 0 Å². The van der Waals surface area contributed by atoms with Crippen LogP contribution in [0.1, 0.15) is 30.7 Å². The van der Waals surface area contributed by atoms with Crippen molar-refractivity contribution in [3.8, 4) is 0 Å². The van der Waals surface area contributed by atoms with Crippen LogP contribution in [-0.2, 0) is 9.53 Å². The highest BCUT2D eigenvalue weighted by molar-refractivity contribution is 5.84. The number of benzene rings is 1. The summed E-state index contributed by atoms with van der Waals surface area (Å²) in [5.74, 6) is 0.416. The highest BCUT2D eigenvalue weighted by Crippen LogP contribution is 2.53. The molecule has 0 radical (unpaired) electrons. The smallest absolute Gasteiger partial charge is 0.316 e. The van der Waals surface area contributed by atoms with Crippen LogP contribution in [0.15, 0.2) is 42.5 Å². The van der Waals surface area contributed by atoms with Crippen LogP contribution in [0.2, 0.25) is 0 Å². The molecule has 2 fully saturated rings. The summed E-state index contributed by atoms with van der Waals surface area (Å²) >= 11 is 0. The topological polar surface area (TPSA) is 26.3 Å². The van der Waals surface area contributed by atoms with Crippen LogP contribution in [0.3, 0.4) is 0 Å². The van der Waals surface area contributed by atoms with Crippen LogP contribution in [-0.4, -0.2) is 12.6 Å². The average molecular weight is 228 g/mol. The maximum atomic E-state index is 11.9. The average Bonchev–Trinajstić information content (AvgIpc) is 2.92. The minimum Gasteiger partial charge on any atom is -0.460 e. The van der Waals surface area contributed by atoms with Gasteiger partial charge in [0.1, 0.15) is 6.61 Å². The zero-order chi connectivity index (χ0) is 11.9. The summed E-state index contributed by atoms with van der Waals surface area (Å²) in [6, 6.07) is 10.4. The van der Waals surface area contributed by atoms with Crippen molar-refractivity contribution in [2.45, 2.75) is 25.2 Å². The first-order valence-corrected chi connectivity index (χ1v) is 6.13. The number of hydrogen-bond donors (Lipinski definition) is 0. The Morgan fingerprint density at radius 3 is 2.71 bits per heavy atom. The minimum atomic E-state index is -0.374. The van der Waals surface area contributed by atoms with Gasteiger partial charge in [-0.25, -0.2) is 0 Å². The minimum absolute atomic E-state index is 0.0547. The largest absolute Gasteiger partial charge is 0.460 e. The first-order chi connectivity index (χ1) is 8.22. The standard InChI is InChI=1S/C15H16O2/c1-11-10-17-14(16)15(11)8-7-13(9-15)12-5-3-2-4-6-12/h2-6,13H,1,7-10H2/t13-,15-/m1/s1. The Bertz CT molecular complexity index is 445. The predicted octanol–water partition coefficient (Wildman–Crippen LogP) is 3.05. The van der Waals surface area contributed by atoms with E-state index in [1.165, 1.54) is 5.56 Å². The molecule has 0 unspecified atom stereocenters. The number of rotatable bonds is 1. The lowest BCUT2D eigenvalue weighted by atomic mass is 9.80. The van der Waals surface area contributed by atoms with E-state index in [4.69, 9.17) is 4.74 Å². The highest BCUT2D eigenvalue weighted by Gasteiger charge is 2.52. The second kappa shape index (κ2) is 3.73. The summed E-state index contributed by atoms with van der Waals surface area (Å²) < 4.78 is 5.15. The first-order valence-electron chi connectivity index (χ1n) is 6.13. The Morgan fingerprint density at radius 1 is 1.29 bits per heavy atom. The highest BCUT2D eigenvalue weighted by atomic mass is 16.5. The van der Waals surface area contributed by atoms with Gasteiger partial charge in [0.05, 0.1) is 5.41 Å². The molecule has 0 N–H and O–H groups in total. The van der Waals surface area contributed by atoms with Crippen molar-refractivity contribution in [1.82, 2.24) is 0 Å². The Hall–Kier alpha value is -1.57. The third-order valence-corrected chi connectivity index (χ3v) is 4.23. The molecular formula is C15H16O2. The van der Waals surface area contributed by atoms with E-state index in [-0.39, 0.29) is 11.4 Å². The Labute approximate surface area is 101 Å². The lowest BCUT2D eigenvalue weighted by molar-refractivity contribution is -0.145. The van der Waals surface area contributed by atoms with E-state index in [9.17, 15) is 4.79 Å². The number of carbonyl (C=O) groups is 1. The Morgan fingerprint density at radius 2 is 2.06 bits per heavy atom. The van der Waals surface area contributed by atoms with Crippen molar-refractivity contribution in [2.75, 3.05) is 6.61 Å². The van der Waals surface area contributed by atoms with Gasteiger partial charge in [-0.05, 0) is 36.3 Å². The van der Waals surface area contributed by atoms with Gasteiger partial charge in [-0.2, -0.15) is 0 Å². The second-order valence-electron chi connectivity index (χ2n) is 5.11. The van der Waals surface area contributed by atoms with Gasteiger partial charge in [0.15, 0.2) is 0 Å². The lowest BCUT2D eigenvalue weighted by Crippen LogP contribution is -2.24. The third-order valence-electron chi connectivity index (χ3n) is 4.23. The fourth-order valence-electron chi connectivity index (χ4n) is 3.13. The number of cyclic esters (lactones) is 1. The van der Waals surface area contributed by atoms with Crippen molar-refractivity contribution in [2.24, 2.45) is 5.41 Å². The van der Waals surface area contributed by atoms with Crippen molar-refractivity contribution < 1.29 is 9.53 Å². The van der Waals surface area contributed by atoms with E-state index in [1.807, 2.05) is 6.07 Å². The van der Waals surface area contributed by atoms with E-state index >= 15 is 0 Å². The van der Waals surface area contributed by atoms with Gasteiger partial charge in [0.2, 0.25) is 0 Å². The van der Waals surface area contributed by atoms with Crippen molar-refractivity contribution in [1.29, 1.82) is 0 Å². The first kappa shape index (κ1) is 10.6. The molecule has 2 atom stereocenters. The summed E-state index contributed by atoms with van der Waals surface area (Å²) in [4.78, 5) is 11.9. The van der Waals surface area contributed by atoms with Crippen LogP contribution in [0.25, 0.3) is 0 Å². The predicted molar refractivity (Wildman–Crippen MR) is 65.6 cm³/mol. The molecule has 0 amide bonds. The van der Waals surface area contributed by atoms with E-state index < -0.39 is 0 Å². The van der Waals surface area contributed by atoms with Crippen LogP contribution >= 0.6 is 0 Å². The molecule has 2 heteroatoms. The maximum absolute atomic E-state index is 11.9. The van der Waals surface area contributed by atoms with E-state index in [1.54, 1.807) is 0 Å². The molecule has 1 aliphatic heterocycles. The molecular weight excluding hydrogens is 212 g/mol. The van der Waals surface area contributed by atoms with E-state index in [0.29, 0.717) is 12.5 Å². The van der Waals surface area contributed by atoms with Gasteiger partial charge in [0.25, 0.3) is 0 Å². The molecule has 0 aromatic heterocycles. The summed E-state index contributed by atoms with van der Waals surface area (Å²) in [7, 11) is 0. The van der Waals surface area contributed by atoms with Gasteiger partial charge >= 0.3 is 5.97 Å². The van der Waals surface area contributed by atoms with Gasteiger partial charge < -0.3 is 4.74 Å². The molecule has 2 aliphatic rings. The lowest BCUT2D eigenvalue weighted by Gasteiger charge is -2.19. The summed E-state index contributed by atoms with van der Waals surface area (Å²) in [6.45, 7) is 4.44. The molecule has 1 spiro atoms. The zero-order valence-corrected chi connectivity index (χ0v) is 9.82. The quantitative estimate of drug-likeness (QED) is 0.545. The second-order valence-corrected chi connectivity index (χ2v) is 5.11. The Kier molecular flexibility index (Phi) is 2.32. The normalized spacial score (nSPS) is 32.1. The molecule has 1 saturated heterocycles. The number of esters is 1. The molecule has 1 aromatic rings. The van der Waals surface area contributed by atoms with Crippen molar-refractivity contribution in [3.05, 3.63) is 48.0 Å². The molecule has 17 heavy (non-hydrogen) atoms. The number of hydrogen-bond acceptors (Lipinski definition) is 2. The van der Waals surface area contributed by atoms with Crippen molar-refractivity contribution in [3.63, 3.8) is 0 Å². The maximum Gasteiger partial charge on any atom is 0.316 e. The fraction of sp³-hybridized carbons (Fsp3) is 0.400. The van der Waals surface area contributed by atoms with E-state index in [2.05, 4.69) is 30.8 Å². The summed E-state index contributed by atoms with van der Waals surface area (Å²) in [6.07, 6.45) is 2.82. The zero-order valence-electron chi connectivity index (χ0n) is 9.82. The SMILES string of the molecule is C=C1COC(=O)[C@@]12CC[C@@H](c1ccccc1)C2. The number of carbonyl (C=O) groups excluding carboxylic acids is 1. The van der Waals surface area contributed by atoms with E-state index in [0.717, 1.165) is 24.8 Å². The number of ether oxygens (including phenoxy) is 1. The molecule has 2 nitrogen and oxygen atoms in total. The van der Waals surface area contributed by atoms with Gasteiger partial charge in [-0.1, -0.05) is 36.9 Å². The fourth-order valence-corrected chi connectivity index (χ4v) is 3.13. The monoisotopic (exact) mass is 228 g/mol. The van der Waals surface area contributed by atoms with Crippen LogP contribution < -0.4 is 0 Å². The molecule has 3 rings (SSSR count).